The van der Waals surface area contributed by atoms with Crippen LogP contribution < -0.4 is 21.3 Å². The summed E-state index contributed by atoms with van der Waals surface area (Å²) in [6, 6.07) is 1.40. The molecule has 1 aliphatic carbocycles. The van der Waals surface area contributed by atoms with Crippen molar-refractivity contribution < 1.29 is 24.2 Å². The van der Waals surface area contributed by atoms with Gasteiger partial charge in [0, 0.05) is 0 Å². The number of carbonyl (C=O) groups is 3. The second-order valence-electron chi connectivity index (χ2n) is 5.37. The van der Waals surface area contributed by atoms with Gasteiger partial charge in [0.1, 0.15) is 11.1 Å². The van der Waals surface area contributed by atoms with E-state index in [1.54, 1.807) is 5.43 Å². The SMILES string of the molecule is NNC(=O)C(=O)Nc1cnc(OC2CCC(C(=O)O)CC2)c(Cl)c1. The van der Waals surface area contributed by atoms with E-state index in [1.807, 2.05) is 0 Å². The van der Waals surface area contributed by atoms with Crippen LogP contribution in [0.25, 0.3) is 0 Å². The minimum absolute atomic E-state index is 0.158. The fourth-order valence-electron chi connectivity index (χ4n) is 2.42. The van der Waals surface area contributed by atoms with Crippen molar-refractivity contribution in [2.45, 2.75) is 31.8 Å². The summed E-state index contributed by atoms with van der Waals surface area (Å²) < 4.78 is 5.69. The smallest absolute Gasteiger partial charge is 0.323 e. The Morgan fingerprint density at radius 2 is 1.92 bits per heavy atom. The van der Waals surface area contributed by atoms with Gasteiger partial charge in [-0.3, -0.25) is 19.8 Å². The number of hydrogen-bond acceptors (Lipinski definition) is 6. The van der Waals surface area contributed by atoms with Crippen molar-refractivity contribution in [3.8, 4) is 5.88 Å². The molecular formula is C14H17ClN4O5. The van der Waals surface area contributed by atoms with E-state index in [1.165, 1.54) is 12.3 Å². The van der Waals surface area contributed by atoms with Crippen LogP contribution in [0, 0.1) is 5.92 Å². The number of carboxylic acid groups (broad SMARTS) is 1. The molecule has 0 aromatic carbocycles. The maximum Gasteiger partial charge on any atom is 0.323 e. The van der Waals surface area contributed by atoms with Crippen LogP contribution >= 0.6 is 11.6 Å². The van der Waals surface area contributed by atoms with Gasteiger partial charge in [-0.15, -0.1) is 0 Å². The molecule has 0 spiro atoms. The molecule has 0 aliphatic heterocycles. The lowest BCUT2D eigenvalue weighted by Gasteiger charge is -2.26. The number of aliphatic carboxylic acids is 1. The molecule has 0 unspecified atom stereocenters. The van der Waals surface area contributed by atoms with Crippen molar-refractivity contribution >= 4 is 35.1 Å². The van der Waals surface area contributed by atoms with Crippen molar-refractivity contribution in [1.29, 1.82) is 0 Å². The molecule has 9 nitrogen and oxygen atoms in total. The first-order chi connectivity index (χ1) is 11.4. The first-order valence-corrected chi connectivity index (χ1v) is 7.65. The van der Waals surface area contributed by atoms with Crippen molar-refractivity contribution in [3.63, 3.8) is 0 Å². The molecule has 0 saturated heterocycles. The summed E-state index contributed by atoms with van der Waals surface area (Å²) in [6.45, 7) is 0. The number of nitrogens with one attached hydrogen (secondary N) is 2. The standard InChI is InChI=1S/C14H17ClN4O5/c15-10-5-8(18-11(20)12(21)19-16)6-17-13(10)24-9-3-1-7(2-4-9)14(22)23/h5-7,9H,1-4,16H2,(H,18,20)(H,19,21)(H,22,23). The summed E-state index contributed by atoms with van der Waals surface area (Å²) in [4.78, 5) is 37.4. The van der Waals surface area contributed by atoms with Crippen LogP contribution in [-0.4, -0.2) is 34.0 Å². The maximum absolute atomic E-state index is 11.4. The fraction of sp³-hybridized carbons (Fsp3) is 0.429. The molecule has 0 bridgehead atoms. The summed E-state index contributed by atoms with van der Waals surface area (Å²) in [6.07, 6.45) is 3.43. The lowest BCUT2D eigenvalue weighted by Crippen LogP contribution is -2.39. The topological polar surface area (TPSA) is 144 Å². The highest BCUT2D eigenvalue weighted by Crippen LogP contribution is 2.31. The van der Waals surface area contributed by atoms with Crippen LogP contribution in [0.2, 0.25) is 5.02 Å². The number of nitrogens with two attached hydrogens (primary N) is 1. The van der Waals surface area contributed by atoms with Crippen LogP contribution in [0.5, 0.6) is 5.88 Å². The largest absolute Gasteiger partial charge is 0.481 e. The minimum Gasteiger partial charge on any atom is -0.481 e. The van der Waals surface area contributed by atoms with Gasteiger partial charge in [-0.05, 0) is 31.7 Å². The molecule has 1 saturated carbocycles. The third kappa shape index (κ3) is 4.56. The predicted octanol–water partition coefficient (Wildman–Crippen LogP) is 0.686. The summed E-state index contributed by atoms with van der Waals surface area (Å²) in [5, 5.41) is 11.4. The highest BCUT2D eigenvalue weighted by atomic mass is 35.5. The number of amides is 2. The Bertz CT molecular complexity index is 646. The van der Waals surface area contributed by atoms with Gasteiger partial charge in [0.05, 0.1) is 17.8 Å². The zero-order valence-corrected chi connectivity index (χ0v) is 13.4. The number of carbonyl (C=O) groups excluding carboxylic acids is 2. The average Bonchev–Trinajstić information content (AvgIpc) is 2.57. The Morgan fingerprint density at radius 3 is 2.46 bits per heavy atom. The molecule has 10 heteroatoms. The van der Waals surface area contributed by atoms with E-state index in [0.717, 1.165) is 0 Å². The fourth-order valence-corrected chi connectivity index (χ4v) is 2.63. The summed E-state index contributed by atoms with van der Waals surface area (Å²) in [7, 11) is 0. The second-order valence-corrected chi connectivity index (χ2v) is 5.78. The lowest BCUT2D eigenvalue weighted by molar-refractivity contribution is -0.143. The second kappa shape index (κ2) is 7.93. The van der Waals surface area contributed by atoms with E-state index in [2.05, 4.69) is 10.3 Å². The molecule has 130 valence electrons. The van der Waals surface area contributed by atoms with Crippen molar-refractivity contribution in [2.75, 3.05) is 5.32 Å². The first-order valence-electron chi connectivity index (χ1n) is 7.27. The van der Waals surface area contributed by atoms with Gasteiger partial charge in [0.2, 0.25) is 5.88 Å². The maximum atomic E-state index is 11.4. The molecule has 2 amide bonds. The van der Waals surface area contributed by atoms with Crippen LogP contribution in [-0.2, 0) is 14.4 Å². The average molecular weight is 357 g/mol. The molecule has 1 fully saturated rings. The van der Waals surface area contributed by atoms with E-state index in [4.69, 9.17) is 27.3 Å². The molecule has 0 atom stereocenters. The van der Waals surface area contributed by atoms with Gasteiger partial charge >= 0.3 is 17.8 Å². The van der Waals surface area contributed by atoms with E-state index < -0.39 is 17.8 Å². The van der Waals surface area contributed by atoms with E-state index >= 15 is 0 Å². The van der Waals surface area contributed by atoms with E-state index in [-0.39, 0.29) is 28.6 Å². The molecule has 0 radical (unpaired) electrons. The third-order valence-corrected chi connectivity index (χ3v) is 3.98. The molecule has 2 rings (SSSR count). The quantitative estimate of drug-likeness (QED) is 0.269. The Labute approximate surface area is 142 Å². The number of nitrogens with zero attached hydrogens (tertiary/aromatic N) is 1. The van der Waals surface area contributed by atoms with Gasteiger partial charge in [-0.1, -0.05) is 11.6 Å². The summed E-state index contributed by atoms with van der Waals surface area (Å²) >= 11 is 6.07. The predicted molar refractivity (Wildman–Crippen MR) is 84.2 cm³/mol. The molecule has 5 N–H and O–H groups in total. The highest BCUT2D eigenvalue weighted by molar-refractivity contribution is 6.39. The Hall–Kier alpha value is -2.39. The van der Waals surface area contributed by atoms with Crippen LogP contribution in [0.3, 0.4) is 0 Å². The summed E-state index contributed by atoms with van der Waals surface area (Å²) in [5.41, 5.74) is 1.92. The number of hydrogen-bond donors (Lipinski definition) is 4. The number of anilines is 1. The van der Waals surface area contributed by atoms with Crippen LogP contribution in [0.1, 0.15) is 25.7 Å². The Balaban J connectivity index is 1.94. The number of hydrazine groups is 1. The van der Waals surface area contributed by atoms with Crippen molar-refractivity contribution in [1.82, 2.24) is 10.4 Å². The number of ether oxygens (including phenoxy) is 1. The molecular weight excluding hydrogens is 340 g/mol. The van der Waals surface area contributed by atoms with Crippen molar-refractivity contribution in [2.24, 2.45) is 11.8 Å². The molecule has 1 aromatic heterocycles. The minimum atomic E-state index is -0.998. The monoisotopic (exact) mass is 356 g/mol. The number of carboxylic acids is 1. The third-order valence-electron chi connectivity index (χ3n) is 3.70. The molecule has 1 aromatic rings. The Morgan fingerprint density at radius 1 is 1.25 bits per heavy atom. The lowest BCUT2D eigenvalue weighted by atomic mass is 9.87. The molecule has 1 heterocycles. The number of rotatable bonds is 4. The Kier molecular flexibility index (Phi) is 5.93. The number of pyridine rings is 1. The van der Waals surface area contributed by atoms with E-state index in [0.29, 0.717) is 25.7 Å². The van der Waals surface area contributed by atoms with Gasteiger partial charge in [0.15, 0.2) is 0 Å². The van der Waals surface area contributed by atoms with Crippen molar-refractivity contribution in [3.05, 3.63) is 17.3 Å². The van der Waals surface area contributed by atoms with Crippen LogP contribution in [0.15, 0.2) is 12.3 Å². The van der Waals surface area contributed by atoms with Gasteiger partial charge in [0.25, 0.3) is 0 Å². The van der Waals surface area contributed by atoms with E-state index in [9.17, 15) is 14.4 Å². The molecule has 24 heavy (non-hydrogen) atoms. The first kappa shape index (κ1) is 18.0. The zero-order chi connectivity index (χ0) is 17.7. The number of aromatic nitrogens is 1. The highest BCUT2D eigenvalue weighted by Gasteiger charge is 2.27. The molecule has 1 aliphatic rings. The summed E-state index contributed by atoms with van der Waals surface area (Å²) in [5.74, 6) is 1.98. The number of halogens is 1. The van der Waals surface area contributed by atoms with Gasteiger partial charge in [-0.2, -0.15) is 0 Å². The van der Waals surface area contributed by atoms with Gasteiger partial charge in [-0.25, -0.2) is 10.8 Å². The zero-order valence-electron chi connectivity index (χ0n) is 12.6. The normalized spacial score (nSPS) is 20.1. The van der Waals surface area contributed by atoms with Gasteiger partial charge < -0.3 is 15.2 Å². The van der Waals surface area contributed by atoms with Crippen LogP contribution in [0.4, 0.5) is 5.69 Å².